The second-order valence-electron chi connectivity index (χ2n) is 11.9. The molecule has 0 N–H and O–H groups in total. The van der Waals surface area contributed by atoms with E-state index in [1.807, 2.05) is 0 Å². The zero-order valence-electron chi connectivity index (χ0n) is 24.5. The van der Waals surface area contributed by atoms with Crippen LogP contribution < -0.4 is 0 Å². The summed E-state index contributed by atoms with van der Waals surface area (Å²) < 4.78 is 3.52. The van der Waals surface area contributed by atoms with Gasteiger partial charge in [-0.15, -0.1) is 0 Å². The fourth-order valence-corrected chi connectivity index (χ4v) is 8.07. The van der Waals surface area contributed by atoms with Crippen molar-refractivity contribution in [3.05, 3.63) is 197 Å². The maximum atomic E-state index is 3.65. The zero-order valence-corrected chi connectivity index (χ0v) is 26.1. The van der Waals surface area contributed by atoms with Gasteiger partial charge in [-0.3, -0.25) is 0 Å². The predicted octanol–water partition coefficient (Wildman–Crippen LogP) is 11.6. The Bertz CT molecular complexity index is 2340. The van der Waals surface area contributed by atoms with Crippen LogP contribution >= 0.6 is 15.9 Å². The monoisotopic (exact) mass is 637 g/mol. The van der Waals surface area contributed by atoms with E-state index in [-0.39, 0.29) is 0 Å². The average Bonchev–Trinajstić information content (AvgIpc) is 3.59. The number of halogens is 1. The van der Waals surface area contributed by atoms with E-state index >= 15 is 0 Å². The van der Waals surface area contributed by atoms with Crippen LogP contribution in [0.5, 0.6) is 0 Å². The van der Waals surface area contributed by atoms with Crippen LogP contribution in [0.1, 0.15) is 22.3 Å². The first-order valence-corrected chi connectivity index (χ1v) is 16.2. The Balaban J connectivity index is 1.31. The van der Waals surface area contributed by atoms with Gasteiger partial charge in [-0.05, 0) is 87.0 Å². The van der Waals surface area contributed by atoms with Crippen LogP contribution in [0.2, 0.25) is 0 Å². The first kappa shape index (κ1) is 26.2. The lowest BCUT2D eigenvalue weighted by molar-refractivity contribution is 0.768. The number of aromatic nitrogens is 1. The van der Waals surface area contributed by atoms with Crippen LogP contribution in [0.25, 0.3) is 49.7 Å². The number of benzene rings is 7. The normalized spacial score (nSPS) is 13.2. The van der Waals surface area contributed by atoms with Gasteiger partial charge in [0.15, 0.2) is 0 Å². The summed E-state index contributed by atoms with van der Waals surface area (Å²) in [5.41, 5.74) is 13.4. The summed E-state index contributed by atoms with van der Waals surface area (Å²) in [6, 6.07) is 62.2. The second-order valence-corrected chi connectivity index (χ2v) is 12.8. The van der Waals surface area contributed by atoms with Gasteiger partial charge in [0, 0.05) is 20.9 Å². The largest absolute Gasteiger partial charge is 0.309 e. The fourth-order valence-electron chi connectivity index (χ4n) is 7.67. The third-order valence-electron chi connectivity index (χ3n) is 9.53. The molecule has 0 bridgehead atoms. The van der Waals surface area contributed by atoms with Crippen molar-refractivity contribution in [3.8, 4) is 27.9 Å². The molecule has 7 aromatic carbocycles. The molecule has 0 saturated carbocycles. The highest BCUT2D eigenvalue weighted by Crippen LogP contribution is 2.56. The highest BCUT2D eigenvalue weighted by molar-refractivity contribution is 9.10. The molecular weight excluding hydrogens is 610 g/mol. The summed E-state index contributed by atoms with van der Waals surface area (Å²) in [4.78, 5) is 0. The zero-order chi connectivity index (χ0) is 30.0. The molecule has 45 heavy (non-hydrogen) atoms. The number of para-hydroxylation sites is 1. The van der Waals surface area contributed by atoms with Crippen molar-refractivity contribution in [2.75, 3.05) is 0 Å². The molecule has 1 aliphatic carbocycles. The van der Waals surface area contributed by atoms with Crippen LogP contribution in [0.3, 0.4) is 0 Å². The third kappa shape index (κ3) is 3.86. The van der Waals surface area contributed by atoms with Gasteiger partial charge in [0.25, 0.3) is 0 Å². The van der Waals surface area contributed by atoms with Gasteiger partial charge in [0.1, 0.15) is 0 Å². The van der Waals surface area contributed by atoms with Gasteiger partial charge < -0.3 is 4.57 Å². The number of fused-ring (bicyclic) bond motifs is 6. The van der Waals surface area contributed by atoms with Crippen LogP contribution in [0.15, 0.2) is 174 Å². The van der Waals surface area contributed by atoms with Crippen molar-refractivity contribution >= 4 is 37.7 Å². The van der Waals surface area contributed by atoms with Gasteiger partial charge in [-0.1, -0.05) is 143 Å². The van der Waals surface area contributed by atoms with Crippen LogP contribution in [0, 0.1) is 0 Å². The molecule has 1 nitrogen and oxygen atoms in total. The number of hydrogen-bond donors (Lipinski definition) is 0. The van der Waals surface area contributed by atoms with E-state index in [9.17, 15) is 0 Å². The molecule has 1 aliphatic rings. The second kappa shape index (κ2) is 10.2. The van der Waals surface area contributed by atoms with E-state index in [4.69, 9.17) is 0 Å². The van der Waals surface area contributed by atoms with Crippen molar-refractivity contribution < 1.29 is 0 Å². The summed E-state index contributed by atoms with van der Waals surface area (Å²) in [6.45, 7) is 0. The quantitative estimate of drug-likeness (QED) is 0.181. The van der Waals surface area contributed by atoms with E-state index in [1.165, 1.54) is 72.0 Å². The standard InChI is InChI=1S/C43H28BrN/c44-33-17-11-12-29(26-33)30-22-25-42-38(27-30)36-19-8-10-21-41(36)45(42)34-23-24-40-37(28-34)35-18-7-9-20-39(35)43(40,31-13-3-1-4-14-31)32-15-5-2-6-16-32/h1-28H. The number of nitrogens with zero attached hydrogens (tertiary/aromatic N) is 1. The molecule has 0 fully saturated rings. The summed E-state index contributed by atoms with van der Waals surface area (Å²) in [6.07, 6.45) is 0. The van der Waals surface area contributed by atoms with Gasteiger partial charge in [0.2, 0.25) is 0 Å². The maximum Gasteiger partial charge on any atom is 0.0713 e. The van der Waals surface area contributed by atoms with E-state index < -0.39 is 5.41 Å². The Kier molecular flexibility index (Phi) is 5.94. The number of hydrogen-bond acceptors (Lipinski definition) is 0. The van der Waals surface area contributed by atoms with Crippen molar-refractivity contribution in [1.29, 1.82) is 0 Å². The topological polar surface area (TPSA) is 4.93 Å². The minimum Gasteiger partial charge on any atom is -0.309 e. The molecule has 0 amide bonds. The maximum absolute atomic E-state index is 3.65. The number of rotatable bonds is 4. The van der Waals surface area contributed by atoms with E-state index in [2.05, 4.69) is 190 Å². The molecule has 0 atom stereocenters. The Labute approximate surface area is 271 Å². The van der Waals surface area contributed by atoms with Crippen molar-refractivity contribution in [2.24, 2.45) is 0 Å². The van der Waals surface area contributed by atoms with Gasteiger partial charge in [-0.2, -0.15) is 0 Å². The summed E-state index contributed by atoms with van der Waals surface area (Å²) in [5, 5.41) is 2.51. The van der Waals surface area contributed by atoms with E-state index in [0.29, 0.717) is 0 Å². The lowest BCUT2D eigenvalue weighted by Gasteiger charge is -2.33. The SMILES string of the molecule is Brc1cccc(-c2ccc3c(c2)c2ccccc2n3-c2ccc3c(c2)-c2ccccc2C3(c2ccccc2)c2ccccc2)c1. The Morgan fingerprint density at radius 2 is 1.07 bits per heavy atom. The Hall–Kier alpha value is -5.18. The molecule has 2 heteroatoms. The summed E-state index contributed by atoms with van der Waals surface area (Å²) in [7, 11) is 0. The third-order valence-corrected chi connectivity index (χ3v) is 10.0. The molecule has 212 valence electrons. The van der Waals surface area contributed by atoms with E-state index in [0.717, 1.165) is 4.47 Å². The molecular formula is C43H28BrN. The minimum absolute atomic E-state index is 0.396. The van der Waals surface area contributed by atoms with Gasteiger partial charge in [-0.25, -0.2) is 0 Å². The Morgan fingerprint density at radius 1 is 0.422 bits per heavy atom. The smallest absolute Gasteiger partial charge is 0.0713 e. The highest BCUT2D eigenvalue weighted by Gasteiger charge is 2.46. The predicted molar refractivity (Wildman–Crippen MR) is 191 cm³/mol. The lowest BCUT2D eigenvalue weighted by atomic mass is 9.68. The van der Waals surface area contributed by atoms with Gasteiger partial charge >= 0.3 is 0 Å². The average molecular weight is 639 g/mol. The molecule has 0 saturated heterocycles. The molecule has 1 heterocycles. The van der Waals surface area contributed by atoms with E-state index in [1.54, 1.807) is 0 Å². The summed E-state index contributed by atoms with van der Waals surface area (Å²) >= 11 is 3.65. The first-order valence-electron chi connectivity index (χ1n) is 15.4. The van der Waals surface area contributed by atoms with Crippen LogP contribution in [-0.2, 0) is 5.41 Å². The Morgan fingerprint density at radius 3 is 1.84 bits per heavy atom. The first-order chi connectivity index (χ1) is 22.2. The van der Waals surface area contributed by atoms with Crippen LogP contribution in [-0.4, -0.2) is 4.57 Å². The molecule has 9 rings (SSSR count). The highest BCUT2D eigenvalue weighted by atomic mass is 79.9. The molecule has 0 radical (unpaired) electrons. The van der Waals surface area contributed by atoms with Crippen molar-refractivity contribution in [3.63, 3.8) is 0 Å². The lowest BCUT2D eigenvalue weighted by Crippen LogP contribution is -2.28. The molecule has 8 aromatic rings. The van der Waals surface area contributed by atoms with Gasteiger partial charge in [0.05, 0.1) is 16.4 Å². The minimum atomic E-state index is -0.396. The molecule has 0 aliphatic heterocycles. The molecule has 0 spiro atoms. The summed E-state index contributed by atoms with van der Waals surface area (Å²) in [5.74, 6) is 0. The van der Waals surface area contributed by atoms with Crippen molar-refractivity contribution in [1.82, 2.24) is 4.57 Å². The molecule has 0 unspecified atom stereocenters. The molecule has 1 aromatic heterocycles. The van der Waals surface area contributed by atoms with Crippen LogP contribution in [0.4, 0.5) is 0 Å². The van der Waals surface area contributed by atoms with Crippen molar-refractivity contribution in [2.45, 2.75) is 5.41 Å². The fraction of sp³-hybridized carbons (Fsp3) is 0.0233.